The first kappa shape index (κ1) is 79.9. The number of carboxylic acid groups (broad SMARTS) is 1. The van der Waals surface area contributed by atoms with Crippen molar-refractivity contribution in [2.75, 3.05) is 13.2 Å². The Morgan fingerprint density at radius 2 is 1.54 bits per heavy atom. The van der Waals surface area contributed by atoms with Crippen LogP contribution >= 0.6 is 0 Å². The maximum Gasteiger partial charge on any atom is 0.331 e. The first-order chi connectivity index (χ1) is 47.0. The number of aromatic nitrogens is 3. The number of aliphatic carboxylic acids is 1. The molecule has 0 saturated carbocycles. The highest BCUT2D eigenvalue weighted by molar-refractivity contribution is 5.87. The van der Waals surface area contributed by atoms with E-state index in [0.29, 0.717) is 12.3 Å². The van der Waals surface area contributed by atoms with Gasteiger partial charge in [0.1, 0.15) is 84.9 Å². The topological polar surface area (TPSA) is 522 Å². The van der Waals surface area contributed by atoms with Gasteiger partial charge in [0, 0.05) is 36.4 Å². The van der Waals surface area contributed by atoms with Gasteiger partial charge in [0.05, 0.1) is 48.9 Å². The van der Waals surface area contributed by atoms with E-state index in [4.69, 9.17) is 38.9 Å². The van der Waals surface area contributed by atoms with Crippen molar-refractivity contribution in [3.8, 4) is 17.2 Å². The Morgan fingerprint density at radius 1 is 0.828 bits per heavy atom. The number of esters is 2. The summed E-state index contributed by atoms with van der Waals surface area (Å²) in [6.07, 6.45) is 0.179. The number of benzene rings is 1. The highest BCUT2D eigenvalue weighted by Gasteiger charge is 2.63. The van der Waals surface area contributed by atoms with Crippen molar-refractivity contribution >= 4 is 23.8 Å². The molecule has 2 aromatic heterocycles. The molecule has 0 aliphatic carbocycles. The second kappa shape index (κ2) is 37.3. The number of phenols is 2. The molecular weight excluding hydrogens is 1310 g/mol. The molecule has 1 amide bonds. The van der Waals surface area contributed by atoms with Crippen LogP contribution in [-0.2, 0) is 64.7 Å². The van der Waals surface area contributed by atoms with E-state index < -0.39 is 176 Å². The minimum absolute atomic E-state index is 0.111. The second-order valence-electron chi connectivity index (χ2n) is 24.0. The predicted molar refractivity (Wildman–Crippen MR) is 346 cm³/mol. The van der Waals surface area contributed by atoms with E-state index in [2.05, 4.69) is 30.2 Å². The number of fused-ring (bicyclic) bond motifs is 2. The second-order valence-corrected chi connectivity index (χ2v) is 24.0. The number of rotatable bonds is 29. The molecular formula is C67H89N5O27. The summed E-state index contributed by atoms with van der Waals surface area (Å²) in [5, 5.41) is 149. The van der Waals surface area contributed by atoms with Gasteiger partial charge < -0.3 is 116 Å². The number of hydrogen-bond donors (Lipinski definition) is 17. The average Bonchev–Trinajstić information content (AvgIpc) is 1.64. The molecule has 18 N–H and O–H groups in total. The Balaban J connectivity index is 0.000000370. The SMILES string of the molecule is CCC(O)/C=C/C=C/C=C/C(=O)OCC1OC(OC2C(CO)OC3(OCc4cc(O)cc(O)c43)C(O)C2OC(=O)/C=C/C=C/CC(O)/C(C)=C/C=C/CCC(C)CC)C(O)C(O)C1O.C[C@@H]([C@H](N)C(=O)N[C@H](C(=O)O)[C@H]1O[C@@H](n2ccc(=O)[nH]c2=O)[C@H](O)[C@@H]1O)[C@H](O)c1ccc(O)cn1. The summed E-state index contributed by atoms with van der Waals surface area (Å²) in [5.74, 6) is -8.15. The normalized spacial score (nSPS) is 28.6. The largest absolute Gasteiger partial charge is 0.508 e. The molecule has 3 saturated heterocycles. The van der Waals surface area contributed by atoms with Crippen molar-refractivity contribution in [3.63, 3.8) is 0 Å². The quantitative estimate of drug-likeness (QED) is 0.0233. The summed E-state index contributed by atoms with van der Waals surface area (Å²) in [5.41, 5.74) is 5.16. The molecule has 32 nitrogen and oxygen atoms in total. The highest BCUT2D eigenvalue weighted by Crippen LogP contribution is 2.51. The fourth-order valence-corrected chi connectivity index (χ4v) is 10.7. The minimum atomic E-state index is -2.28. The molecule has 0 radical (unpaired) electrons. The molecule has 99 heavy (non-hydrogen) atoms. The molecule has 3 fully saturated rings. The number of carboxylic acids is 1. The first-order valence-corrected chi connectivity index (χ1v) is 31.9. The molecule has 21 atom stereocenters. The zero-order chi connectivity index (χ0) is 73.0. The van der Waals surface area contributed by atoms with Crippen molar-refractivity contribution in [2.24, 2.45) is 17.6 Å². The average molecular weight is 1400 g/mol. The van der Waals surface area contributed by atoms with E-state index in [1.807, 2.05) is 24.1 Å². The zero-order valence-electron chi connectivity index (χ0n) is 54.8. The molecule has 544 valence electrons. The van der Waals surface area contributed by atoms with E-state index >= 15 is 0 Å². The molecule has 7 rings (SSSR count). The number of nitrogens with two attached hydrogens (primary N) is 1. The van der Waals surface area contributed by atoms with Crippen molar-refractivity contribution in [1.29, 1.82) is 0 Å². The van der Waals surface area contributed by atoms with Crippen molar-refractivity contribution < 1.29 is 124 Å². The number of aromatic amines is 1. The summed E-state index contributed by atoms with van der Waals surface area (Å²) in [6, 6.07) is 2.46. The van der Waals surface area contributed by atoms with Crippen LogP contribution in [0.3, 0.4) is 0 Å². The number of carbonyl (C=O) groups is 4. The van der Waals surface area contributed by atoms with E-state index in [0.717, 1.165) is 66.1 Å². The number of nitrogens with zero attached hydrogens (tertiary/aromatic N) is 2. The van der Waals surface area contributed by atoms with Crippen LogP contribution in [0, 0.1) is 11.8 Å². The number of phenolic OH excluding ortho intramolecular Hbond substituents is 2. The lowest BCUT2D eigenvalue weighted by Crippen LogP contribution is -2.67. The van der Waals surface area contributed by atoms with Gasteiger partial charge in [0.15, 0.2) is 30.8 Å². The number of allylic oxidation sites excluding steroid dienone is 9. The number of aliphatic hydroxyl groups excluding tert-OH is 10. The van der Waals surface area contributed by atoms with Gasteiger partial charge in [-0.2, -0.15) is 0 Å². The Kier molecular flexibility index (Phi) is 30.1. The first-order valence-electron chi connectivity index (χ1n) is 31.9. The van der Waals surface area contributed by atoms with Crippen LogP contribution in [0.25, 0.3) is 0 Å². The lowest BCUT2D eigenvalue weighted by molar-refractivity contribution is -0.395. The van der Waals surface area contributed by atoms with E-state index in [1.165, 1.54) is 49.4 Å². The number of ether oxygens (including phenoxy) is 7. The van der Waals surface area contributed by atoms with Gasteiger partial charge in [0.25, 0.3) is 5.56 Å². The van der Waals surface area contributed by atoms with Crippen LogP contribution in [0.15, 0.2) is 137 Å². The maximum absolute atomic E-state index is 13.4. The number of carbonyl (C=O) groups excluding carboxylic acids is 3. The summed E-state index contributed by atoms with van der Waals surface area (Å²) >= 11 is 0. The van der Waals surface area contributed by atoms with Gasteiger partial charge in [-0.1, -0.05) is 101 Å². The van der Waals surface area contributed by atoms with Crippen LogP contribution < -0.4 is 22.3 Å². The molecule has 0 bridgehead atoms. The Hall–Kier alpha value is -8.13. The maximum atomic E-state index is 13.4. The van der Waals surface area contributed by atoms with E-state index in [-0.39, 0.29) is 41.3 Å². The Bertz CT molecular complexity index is 3520. The molecule has 13 unspecified atom stereocenters. The van der Waals surface area contributed by atoms with Gasteiger partial charge in [-0.15, -0.1) is 0 Å². The number of aliphatic hydroxyl groups is 10. The monoisotopic (exact) mass is 1400 g/mol. The van der Waals surface area contributed by atoms with E-state index in [9.17, 15) is 100 Å². The smallest absolute Gasteiger partial charge is 0.331 e. The van der Waals surface area contributed by atoms with Gasteiger partial charge in [-0.3, -0.25) is 24.1 Å². The molecule has 3 aromatic rings. The number of pyridine rings is 1. The zero-order valence-corrected chi connectivity index (χ0v) is 54.8. The van der Waals surface area contributed by atoms with Crippen molar-refractivity contribution in [2.45, 2.75) is 189 Å². The summed E-state index contributed by atoms with van der Waals surface area (Å²) < 4.78 is 40.8. The Labute approximate surface area is 567 Å². The fraction of sp³-hybridized carbons (Fsp3) is 0.507. The third-order valence-electron chi connectivity index (χ3n) is 16.9. The van der Waals surface area contributed by atoms with Crippen LogP contribution in [0.2, 0.25) is 0 Å². The van der Waals surface area contributed by atoms with Gasteiger partial charge in [0.2, 0.25) is 11.7 Å². The third-order valence-corrected chi connectivity index (χ3v) is 16.9. The summed E-state index contributed by atoms with van der Waals surface area (Å²) in [7, 11) is 0. The molecule has 4 aliphatic heterocycles. The molecule has 6 heterocycles. The van der Waals surface area contributed by atoms with Crippen molar-refractivity contribution in [3.05, 3.63) is 165 Å². The standard InChI is InChI=1S/C47H64O17.C20H25N5O10/c1-5-28(3)17-11-9-12-18-29(4)33(51)20-14-10-16-22-38(54)62-44-43(35(25-48)64-47(45(44)58)39-30(26-60-47)23-32(50)24-34(39)52)63-46-42(57)41(56)40(55)36(61-46)27-59-37(53)21-15-8-7-13-19-31(49)6-2;1-7(13(28)9-3-2-8(26)6-22-9)11(21)17(31)24-12(19(32)33)16-14(29)15(30)18(35-16)25-5-4-10(27)23-20(25)34/h7-10,12-16,18-19,21-24,28,31,33,35-36,40-46,48-52,55-58H,5-6,11,17,20,25-27H2,1-4H3;2-7,11-16,18,26,28-30H,21H2,1H3,(H,24,31)(H,32,33)(H,23,27,34)/b8-7+,12-9+,14-10+,19-13+,21-15+,22-16+,29-18+;/t;7-,11-,12-,13-,14-,15+,16+,18+/m.0/s1. The van der Waals surface area contributed by atoms with Gasteiger partial charge >= 0.3 is 23.6 Å². The lowest BCUT2D eigenvalue weighted by Gasteiger charge is -2.50. The number of amides is 1. The molecule has 4 aliphatic rings. The Morgan fingerprint density at radius 3 is 2.20 bits per heavy atom. The predicted octanol–water partition coefficient (Wildman–Crippen LogP) is -0.665. The number of hydrogen-bond acceptors (Lipinski definition) is 28. The van der Waals surface area contributed by atoms with Crippen molar-refractivity contribution in [1.82, 2.24) is 19.9 Å². The van der Waals surface area contributed by atoms with Crippen LogP contribution in [0.1, 0.15) is 95.9 Å². The van der Waals surface area contributed by atoms with Crippen LogP contribution in [0.4, 0.5) is 0 Å². The fourth-order valence-electron chi connectivity index (χ4n) is 10.7. The molecule has 1 aromatic carbocycles. The summed E-state index contributed by atoms with van der Waals surface area (Å²) in [6.45, 7) is 7.58. The summed E-state index contributed by atoms with van der Waals surface area (Å²) in [4.78, 5) is 79.5. The van der Waals surface area contributed by atoms with Gasteiger partial charge in [-0.25, -0.2) is 19.2 Å². The highest BCUT2D eigenvalue weighted by atomic mass is 16.8. The van der Waals surface area contributed by atoms with Crippen LogP contribution in [-0.4, -0.2) is 221 Å². The van der Waals surface area contributed by atoms with E-state index in [1.54, 1.807) is 31.2 Å². The van der Waals surface area contributed by atoms with Gasteiger partial charge in [-0.05, 0) is 67.9 Å². The van der Waals surface area contributed by atoms with Crippen LogP contribution in [0.5, 0.6) is 17.2 Å². The molecule has 1 spiro atoms. The minimum Gasteiger partial charge on any atom is -0.508 e. The molecule has 32 heteroatoms. The number of nitrogens with one attached hydrogen (secondary N) is 2. The third kappa shape index (κ3) is 21.0. The number of H-pyrrole nitrogens is 1. The number of aromatic hydroxyl groups is 3. The lowest BCUT2D eigenvalue weighted by atomic mass is 9.86.